The fraction of sp³-hybridized carbons (Fsp3) is 0.926. The number of nitrogens with zero attached hydrogens (tertiary/aromatic N) is 1. The van der Waals surface area contributed by atoms with Crippen LogP contribution in [0.1, 0.15) is 130 Å². The molecule has 5 heteroatoms. The molecule has 0 bridgehead atoms. The molecule has 1 unspecified atom stereocenters. The normalized spacial score (nSPS) is 12.2. The van der Waals surface area contributed by atoms with Crippen LogP contribution >= 0.6 is 0 Å². The van der Waals surface area contributed by atoms with Gasteiger partial charge in [-0.25, -0.2) is 0 Å². The molecule has 0 radical (unpaired) electrons. The number of hydrogen-bond acceptors (Lipinski definition) is 4. The van der Waals surface area contributed by atoms with E-state index in [0.29, 0.717) is 13.0 Å². The summed E-state index contributed by atoms with van der Waals surface area (Å²) in [6, 6.07) is 0. The van der Waals surface area contributed by atoms with E-state index in [2.05, 4.69) is 31.0 Å². The third kappa shape index (κ3) is 19.6. The zero-order chi connectivity index (χ0) is 23.9. The summed E-state index contributed by atoms with van der Waals surface area (Å²) < 4.78 is 5.28. The van der Waals surface area contributed by atoms with Gasteiger partial charge in [0.15, 0.2) is 6.10 Å². The highest BCUT2D eigenvalue weighted by atomic mass is 16.5. The van der Waals surface area contributed by atoms with E-state index in [1.807, 2.05) is 0 Å². The van der Waals surface area contributed by atoms with Crippen LogP contribution in [0.15, 0.2) is 0 Å². The van der Waals surface area contributed by atoms with Crippen molar-refractivity contribution in [2.24, 2.45) is 0 Å². The average Bonchev–Trinajstić information content (AvgIpc) is 2.79. The Hall–Kier alpha value is -1.10. The van der Waals surface area contributed by atoms with Gasteiger partial charge in [-0.2, -0.15) is 0 Å². The Morgan fingerprint density at radius 3 is 1.59 bits per heavy atom. The molecule has 0 rings (SSSR count). The van der Waals surface area contributed by atoms with Crippen LogP contribution in [0, 0.1) is 0 Å². The lowest BCUT2D eigenvalue weighted by Crippen LogP contribution is -2.40. The Morgan fingerprint density at radius 1 is 0.719 bits per heavy atom. The quantitative estimate of drug-likeness (QED) is 0.139. The molecule has 0 aliphatic carbocycles. The zero-order valence-electron chi connectivity index (χ0n) is 21.9. The van der Waals surface area contributed by atoms with E-state index in [4.69, 9.17) is 4.74 Å². The Labute approximate surface area is 199 Å². The zero-order valence-corrected chi connectivity index (χ0v) is 21.9. The van der Waals surface area contributed by atoms with E-state index < -0.39 is 6.10 Å². The highest BCUT2D eigenvalue weighted by Gasteiger charge is 2.17. The predicted molar refractivity (Wildman–Crippen MR) is 136 cm³/mol. The summed E-state index contributed by atoms with van der Waals surface area (Å²) in [5, 5.41) is 2.85. The lowest BCUT2D eigenvalue weighted by atomic mass is 10.0. The second kappa shape index (κ2) is 23.1. The minimum atomic E-state index is -0.712. The molecule has 0 saturated heterocycles. The van der Waals surface area contributed by atoms with Crippen molar-refractivity contribution in [3.05, 3.63) is 0 Å². The van der Waals surface area contributed by atoms with Crippen molar-refractivity contribution in [1.82, 2.24) is 10.2 Å². The fourth-order valence-electron chi connectivity index (χ4n) is 3.97. The summed E-state index contributed by atoms with van der Waals surface area (Å²) in [4.78, 5) is 26.2. The van der Waals surface area contributed by atoms with Crippen LogP contribution in [-0.4, -0.2) is 49.1 Å². The van der Waals surface area contributed by atoms with Gasteiger partial charge in [0.25, 0.3) is 5.91 Å². The van der Waals surface area contributed by atoms with Crippen LogP contribution in [0.4, 0.5) is 0 Å². The second-order valence-corrected chi connectivity index (χ2v) is 9.15. The molecular weight excluding hydrogens is 400 g/mol. The summed E-state index contributed by atoms with van der Waals surface area (Å²) in [6.07, 6.45) is 19.3. The van der Waals surface area contributed by atoms with Gasteiger partial charge in [-0.3, -0.25) is 9.59 Å². The summed E-state index contributed by atoms with van der Waals surface area (Å²) in [5.74, 6) is -0.465. The van der Waals surface area contributed by atoms with Crippen LogP contribution < -0.4 is 5.32 Å². The van der Waals surface area contributed by atoms with Crippen LogP contribution in [0.2, 0.25) is 0 Å². The number of ether oxygens (including phenoxy) is 1. The molecule has 1 N–H and O–H groups in total. The highest BCUT2D eigenvalue weighted by molar-refractivity contribution is 5.83. The minimum Gasteiger partial charge on any atom is -0.453 e. The van der Waals surface area contributed by atoms with Crippen molar-refractivity contribution < 1.29 is 14.3 Å². The molecule has 0 aromatic rings. The third-order valence-electron chi connectivity index (χ3n) is 6.28. The molecule has 0 aliphatic heterocycles. The Morgan fingerprint density at radius 2 is 1.16 bits per heavy atom. The number of carbonyl (C=O) groups is 2. The largest absolute Gasteiger partial charge is 0.453 e. The summed E-state index contributed by atoms with van der Waals surface area (Å²) >= 11 is 0. The van der Waals surface area contributed by atoms with E-state index in [1.54, 1.807) is 6.92 Å². The molecule has 1 atom stereocenters. The van der Waals surface area contributed by atoms with E-state index >= 15 is 0 Å². The van der Waals surface area contributed by atoms with Crippen molar-refractivity contribution in [2.75, 3.05) is 26.2 Å². The predicted octanol–water partition coefficient (Wildman–Crippen LogP) is 6.64. The molecule has 190 valence electrons. The standard InChI is InChI=1S/C27H54N2O3/c1-5-8-9-10-11-12-13-14-15-16-17-18-19-20-21-22-26(30)32-25(4)27(31)28-23-24-29(6-2)7-3/h25H,5-24H2,1-4H3,(H,28,31). The smallest absolute Gasteiger partial charge is 0.306 e. The summed E-state index contributed by atoms with van der Waals surface area (Å²) in [5.41, 5.74) is 0. The van der Waals surface area contributed by atoms with Crippen LogP contribution in [-0.2, 0) is 14.3 Å². The van der Waals surface area contributed by atoms with Gasteiger partial charge in [0.1, 0.15) is 0 Å². The minimum absolute atomic E-state index is 0.206. The average molecular weight is 455 g/mol. The molecule has 0 saturated carbocycles. The van der Waals surface area contributed by atoms with Crippen LogP contribution in [0.25, 0.3) is 0 Å². The Bertz CT molecular complexity index is 439. The van der Waals surface area contributed by atoms with Gasteiger partial charge in [-0.15, -0.1) is 0 Å². The number of likely N-dealkylation sites (N-methyl/N-ethyl adjacent to an activating group) is 1. The first-order valence-corrected chi connectivity index (χ1v) is 13.7. The summed E-state index contributed by atoms with van der Waals surface area (Å²) in [7, 11) is 0. The Kier molecular flexibility index (Phi) is 22.3. The number of hydrogen-bond donors (Lipinski definition) is 1. The lowest BCUT2D eigenvalue weighted by molar-refractivity contribution is -0.154. The molecule has 0 aromatic carbocycles. The van der Waals surface area contributed by atoms with Gasteiger partial charge < -0.3 is 15.0 Å². The summed E-state index contributed by atoms with van der Waals surface area (Å²) in [6.45, 7) is 11.5. The van der Waals surface area contributed by atoms with Crippen molar-refractivity contribution >= 4 is 11.9 Å². The number of rotatable bonds is 23. The SMILES string of the molecule is CCCCCCCCCCCCCCCCCC(=O)OC(C)C(=O)NCCN(CC)CC. The number of unbranched alkanes of at least 4 members (excludes halogenated alkanes) is 14. The molecule has 0 heterocycles. The monoisotopic (exact) mass is 454 g/mol. The van der Waals surface area contributed by atoms with E-state index in [1.165, 1.54) is 83.5 Å². The van der Waals surface area contributed by atoms with Crippen molar-refractivity contribution in [3.63, 3.8) is 0 Å². The van der Waals surface area contributed by atoms with Crippen molar-refractivity contribution in [2.45, 2.75) is 137 Å². The second-order valence-electron chi connectivity index (χ2n) is 9.15. The van der Waals surface area contributed by atoms with Crippen LogP contribution in [0.5, 0.6) is 0 Å². The molecule has 0 spiro atoms. The van der Waals surface area contributed by atoms with Gasteiger partial charge >= 0.3 is 5.97 Å². The fourth-order valence-corrected chi connectivity index (χ4v) is 3.97. The lowest BCUT2D eigenvalue weighted by Gasteiger charge is -2.19. The van der Waals surface area contributed by atoms with Gasteiger partial charge in [0, 0.05) is 19.5 Å². The van der Waals surface area contributed by atoms with E-state index in [0.717, 1.165) is 32.5 Å². The number of esters is 1. The molecule has 0 fully saturated rings. The van der Waals surface area contributed by atoms with Gasteiger partial charge in [-0.1, -0.05) is 111 Å². The molecule has 5 nitrogen and oxygen atoms in total. The van der Waals surface area contributed by atoms with Gasteiger partial charge in [0.05, 0.1) is 0 Å². The van der Waals surface area contributed by atoms with Crippen LogP contribution in [0.3, 0.4) is 0 Å². The first-order valence-electron chi connectivity index (χ1n) is 13.7. The van der Waals surface area contributed by atoms with Gasteiger partial charge in [-0.05, 0) is 26.4 Å². The first-order chi connectivity index (χ1) is 15.5. The molecular formula is C27H54N2O3. The molecule has 32 heavy (non-hydrogen) atoms. The Balaban J connectivity index is 3.47. The highest BCUT2D eigenvalue weighted by Crippen LogP contribution is 2.14. The maximum Gasteiger partial charge on any atom is 0.306 e. The maximum atomic E-state index is 12.0. The third-order valence-corrected chi connectivity index (χ3v) is 6.28. The van der Waals surface area contributed by atoms with E-state index in [9.17, 15) is 9.59 Å². The number of nitrogens with one attached hydrogen (secondary N) is 1. The maximum absolute atomic E-state index is 12.0. The topological polar surface area (TPSA) is 58.6 Å². The first kappa shape index (κ1) is 30.9. The molecule has 0 aliphatic rings. The van der Waals surface area contributed by atoms with Crippen molar-refractivity contribution in [1.29, 1.82) is 0 Å². The number of amides is 1. The molecule has 1 amide bonds. The van der Waals surface area contributed by atoms with E-state index in [-0.39, 0.29) is 11.9 Å². The number of carbonyl (C=O) groups excluding carboxylic acids is 2. The van der Waals surface area contributed by atoms with Gasteiger partial charge in [0.2, 0.25) is 0 Å². The van der Waals surface area contributed by atoms with Crippen molar-refractivity contribution in [3.8, 4) is 0 Å². The molecule has 0 aromatic heterocycles.